The molecule has 1 saturated carbocycles. The zero-order valence-electron chi connectivity index (χ0n) is 10.6. The molecule has 0 aromatic heterocycles. The number of hydrogen-bond donors (Lipinski definition) is 1. The van der Waals surface area contributed by atoms with Gasteiger partial charge in [0.25, 0.3) is 0 Å². The Kier molecular flexibility index (Phi) is 5.47. The maximum atomic E-state index is 11.8. The van der Waals surface area contributed by atoms with E-state index in [0.717, 1.165) is 18.0 Å². The molecule has 1 aliphatic carbocycles. The van der Waals surface area contributed by atoms with E-state index >= 15 is 0 Å². The van der Waals surface area contributed by atoms with Gasteiger partial charge in [0.2, 0.25) is 5.91 Å². The number of anilines is 1. The molecule has 1 N–H and O–H groups in total. The SMILES string of the molecule is O=C(CCC1CCCCC1)Nc1ccc(I)cc1. The van der Waals surface area contributed by atoms with Gasteiger partial charge in [-0.3, -0.25) is 4.79 Å². The van der Waals surface area contributed by atoms with Crippen molar-refractivity contribution in [2.45, 2.75) is 44.9 Å². The van der Waals surface area contributed by atoms with Crippen molar-refractivity contribution in [2.24, 2.45) is 5.92 Å². The molecule has 3 heteroatoms. The Balaban J connectivity index is 1.73. The third-order valence-electron chi connectivity index (χ3n) is 3.63. The van der Waals surface area contributed by atoms with E-state index in [4.69, 9.17) is 0 Å². The van der Waals surface area contributed by atoms with Crippen molar-refractivity contribution < 1.29 is 4.79 Å². The summed E-state index contributed by atoms with van der Waals surface area (Å²) in [6, 6.07) is 7.94. The van der Waals surface area contributed by atoms with Gasteiger partial charge in [-0.25, -0.2) is 0 Å². The molecule has 0 unspecified atom stereocenters. The fourth-order valence-corrected chi connectivity index (χ4v) is 2.93. The Morgan fingerprint density at radius 2 is 1.83 bits per heavy atom. The van der Waals surface area contributed by atoms with Crippen molar-refractivity contribution >= 4 is 34.2 Å². The van der Waals surface area contributed by atoms with Gasteiger partial charge in [-0.1, -0.05) is 32.1 Å². The van der Waals surface area contributed by atoms with Gasteiger partial charge < -0.3 is 5.32 Å². The molecule has 1 fully saturated rings. The zero-order valence-corrected chi connectivity index (χ0v) is 12.8. The number of benzene rings is 1. The summed E-state index contributed by atoms with van der Waals surface area (Å²) in [6.07, 6.45) is 8.43. The average Bonchev–Trinajstić information content (AvgIpc) is 2.40. The maximum Gasteiger partial charge on any atom is 0.224 e. The van der Waals surface area contributed by atoms with Crippen LogP contribution in [-0.2, 0) is 4.79 Å². The predicted molar refractivity (Wildman–Crippen MR) is 83.6 cm³/mol. The molecule has 0 spiro atoms. The normalized spacial score (nSPS) is 16.5. The molecule has 2 rings (SSSR count). The Hall–Kier alpha value is -0.580. The summed E-state index contributed by atoms with van der Waals surface area (Å²) < 4.78 is 1.19. The van der Waals surface area contributed by atoms with Crippen LogP contribution >= 0.6 is 22.6 Å². The van der Waals surface area contributed by atoms with Crippen LogP contribution in [0.1, 0.15) is 44.9 Å². The molecule has 0 atom stereocenters. The number of carbonyl (C=O) groups is 1. The number of rotatable bonds is 4. The quantitative estimate of drug-likeness (QED) is 0.785. The number of nitrogens with one attached hydrogen (secondary N) is 1. The highest BCUT2D eigenvalue weighted by Gasteiger charge is 2.14. The van der Waals surface area contributed by atoms with Gasteiger partial charge >= 0.3 is 0 Å². The smallest absolute Gasteiger partial charge is 0.224 e. The van der Waals surface area contributed by atoms with Crippen molar-refractivity contribution in [3.8, 4) is 0 Å². The second-order valence-electron chi connectivity index (χ2n) is 5.10. The maximum absolute atomic E-state index is 11.8. The van der Waals surface area contributed by atoms with Crippen LogP contribution in [0.3, 0.4) is 0 Å². The third kappa shape index (κ3) is 4.59. The monoisotopic (exact) mass is 357 g/mol. The highest BCUT2D eigenvalue weighted by molar-refractivity contribution is 14.1. The molecule has 18 heavy (non-hydrogen) atoms. The topological polar surface area (TPSA) is 29.1 Å². The predicted octanol–water partition coefficient (Wildman–Crippen LogP) is 4.59. The van der Waals surface area contributed by atoms with Crippen molar-refractivity contribution in [1.29, 1.82) is 0 Å². The van der Waals surface area contributed by atoms with E-state index in [9.17, 15) is 4.79 Å². The summed E-state index contributed by atoms with van der Waals surface area (Å²) in [5.41, 5.74) is 0.907. The molecule has 0 heterocycles. The minimum absolute atomic E-state index is 0.154. The Labute approximate surface area is 123 Å². The van der Waals surface area contributed by atoms with E-state index < -0.39 is 0 Å². The highest BCUT2D eigenvalue weighted by Crippen LogP contribution is 2.27. The first-order chi connectivity index (χ1) is 8.74. The van der Waals surface area contributed by atoms with Gasteiger partial charge in [-0.15, -0.1) is 0 Å². The standard InChI is InChI=1S/C15H20INO/c16-13-7-9-14(10-8-13)17-15(18)11-6-12-4-2-1-3-5-12/h7-10,12H,1-6,11H2,(H,17,18). The van der Waals surface area contributed by atoms with E-state index in [-0.39, 0.29) is 5.91 Å². The fourth-order valence-electron chi connectivity index (χ4n) is 2.57. The third-order valence-corrected chi connectivity index (χ3v) is 4.35. The lowest BCUT2D eigenvalue weighted by molar-refractivity contribution is -0.116. The molecule has 1 aliphatic rings. The second kappa shape index (κ2) is 7.12. The largest absolute Gasteiger partial charge is 0.326 e. The van der Waals surface area contributed by atoms with Crippen molar-refractivity contribution in [3.05, 3.63) is 27.8 Å². The van der Waals surface area contributed by atoms with E-state index in [1.54, 1.807) is 0 Å². The summed E-state index contributed by atoms with van der Waals surface area (Å²) >= 11 is 2.26. The lowest BCUT2D eigenvalue weighted by Gasteiger charge is -2.20. The van der Waals surface area contributed by atoms with Crippen LogP contribution in [0.15, 0.2) is 24.3 Å². The minimum Gasteiger partial charge on any atom is -0.326 e. The Morgan fingerprint density at radius 1 is 1.17 bits per heavy atom. The number of hydrogen-bond acceptors (Lipinski definition) is 1. The van der Waals surface area contributed by atoms with Crippen LogP contribution in [0.4, 0.5) is 5.69 Å². The molecule has 0 bridgehead atoms. The summed E-state index contributed by atoms with van der Waals surface area (Å²) in [4.78, 5) is 11.8. The molecule has 1 aromatic carbocycles. The zero-order chi connectivity index (χ0) is 12.8. The van der Waals surface area contributed by atoms with E-state index in [1.165, 1.54) is 35.7 Å². The molecular weight excluding hydrogens is 337 g/mol. The summed E-state index contributed by atoms with van der Waals surface area (Å²) in [6.45, 7) is 0. The first-order valence-electron chi connectivity index (χ1n) is 6.79. The summed E-state index contributed by atoms with van der Waals surface area (Å²) in [7, 11) is 0. The van der Waals surface area contributed by atoms with E-state index in [0.29, 0.717) is 6.42 Å². The van der Waals surface area contributed by atoms with Crippen molar-refractivity contribution in [1.82, 2.24) is 0 Å². The van der Waals surface area contributed by atoms with Crippen LogP contribution in [0.2, 0.25) is 0 Å². The number of carbonyl (C=O) groups excluding carboxylic acids is 1. The van der Waals surface area contributed by atoms with Gasteiger partial charge in [-0.2, -0.15) is 0 Å². The van der Waals surface area contributed by atoms with Crippen LogP contribution in [-0.4, -0.2) is 5.91 Å². The summed E-state index contributed by atoms with van der Waals surface area (Å²) in [5.74, 6) is 0.933. The number of amides is 1. The van der Waals surface area contributed by atoms with Gasteiger partial charge in [0.05, 0.1) is 0 Å². The van der Waals surface area contributed by atoms with Crippen LogP contribution in [0.5, 0.6) is 0 Å². The van der Waals surface area contributed by atoms with Gasteiger partial charge in [-0.05, 0) is 59.2 Å². The van der Waals surface area contributed by atoms with Crippen LogP contribution in [0.25, 0.3) is 0 Å². The molecule has 0 radical (unpaired) electrons. The Bertz CT molecular complexity index is 382. The van der Waals surface area contributed by atoms with Gasteiger partial charge in [0.15, 0.2) is 0 Å². The lowest BCUT2D eigenvalue weighted by atomic mass is 9.86. The lowest BCUT2D eigenvalue weighted by Crippen LogP contribution is -2.14. The first-order valence-corrected chi connectivity index (χ1v) is 7.87. The fraction of sp³-hybridized carbons (Fsp3) is 0.533. The van der Waals surface area contributed by atoms with Gasteiger partial charge in [0.1, 0.15) is 0 Å². The van der Waals surface area contributed by atoms with Crippen LogP contribution < -0.4 is 5.32 Å². The molecular formula is C15H20INO. The molecule has 1 amide bonds. The second-order valence-corrected chi connectivity index (χ2v) is 6.34. The van der Waals surface area contributed by atoms with E-state index in [2.05, 4.69) is 27.9 Å². The first kappa shape index (κ1) is 13.8. The molecule has 98 valence electrons. The summed E-state index contributed by atoms with van der Waals surface area (Å²) in [5, 5.41) is 2.97. The minimum atomic E-state index is 0.154. The number of halogens is 1. The Morgan fingerprint density at radius 3 is 2.50 bits per heavy atom. The van der Waals surface area contributed by atoms with Crippen molar-refractivity contribution in [2.75, 3.05) is 5.32 Å². The van der Waals surface area contributed by atoms with Crippen molar-refractivity contribution in [3.63, 3.8) is 0 Å². The molecule has 0 aliphatic heterocycles. The highest BCUT2D eigenvalue weighted by atomic mass is 127. The van der Waals surface area contributed by atoms with Crippen LogP contribution in [0, 0.1) is 9.49 Å². The molecule has 0 saturated heterocycles. The van der Waals surface area contributed by atoms with E-state index in [1.807, 2.05) is 24.3 Å². The average molecular weight is 357 g/mol. The molecule has 2 nitrogen and oxygen atoms in total. The van der Waals surface area contributed by atoms with Gasteiger partial charge in [0, 0.05) is 15.7 Å². The molecule has 1 aromatic rings.